The molecular formula is C20H18ClFN2O. The van der Waals surface area contributed by atoms with Crippen molar-refractivity contribution in [1.82, 2.24) is 9.88 Å². The Bertz CT molecular complexity index is 969. The highest BCUT2D eigenvalue weighted by Crippen LogP contribution is 2.28. The molecule has 128 valence electrons. The average molecular weight is 357 g/mol. The molecule has 3 rings (SSSR count). The molecule has 0 bridgehead atoms. The topological polar surface area (TPSA) is 33.2 Å². The molecule has 2 aromatic carbocycles. The minimum atomic E-state index is -0.451. The highest BCUT2D eigenvalue weighted by Gasteiger charge is 2.10. The molecule has 0 aliphatic rings. The van der Waals surface area contributed by atoms with Gasteiger partial charge in [0.2, 0.25) is 5.91 Å². The summed E-state index contributed by atoms with van der Waals surface area (Å²) in [5, 5.41) is 1.10. The van der Waals surface area contributed by atoms with Gasteiger partial charge < -0.3 is 4.90 Å². The largest absolute Gasteiger partial charge is 0.349 e. The summed E-state index contributed by atoms with van der Waals surface area (Å²) in [6.07, 6.45) is 0.330. The molecule has 5 heteroatoms. The summed E-state index contributed by atoms with van der Waals surface area (Å²) in [5.74, 6) is -0.412. The lowest BCUT2D eigenvalue weighted by molar-refractivity contribution is -0.127. The van der Waals surface area contributed by atoms with Crippen LogP contribution < -0.4 is 0 Å². The first kappa shape index (κ1) is 17.4. The predicted octanol–water partition coefficient (Wildman–Crippen LogP) is 4.63. The number of halogens is 2. The maximum atomic E-state index is 13.4. The second-order valence-corrected chi connectivity index (χ2v) is 6.68. The van der Waals surface area contributed by atoms with Crippen molar-refractivity contribution in [2.45, 2.75) is 13.3 Å². The third-order valence-electron chi connectivity index (χ3n) is 4.15. The zero-order chi connectivity index (χ0) is 18.1. The second-order valence-electron chi connectivity index (χ2n) is 6.27. The highest BCUT2D eigenvalue weighted by molar-refractivity contribution is 6.31. The van der Waals surface area contributed by atoms with E-state index in [2.05, 4.69) is 4.98 Å². The van der Waals surface area contributed by atoms with Gasteiger partial charge in [0.1, 0.15) is 5.82 Å². The minimum absolute atomic E-state index is 0.0394. The van der Waals surface area contributed by atoms with Crippen molar-refractivity contribution in [2.24, 2.45) is 0 Å². The summed E-state index contributed by atoms with van der Waals surface area (Å²) >= 11 is 5.89. The number of amides is 1. The zero-order valence-electron chi connectivity index (χ0n) is 14.3. The maximum Gasteiger partial charge on any atom is 0.226 e. The number of fused-ring (bicyclic) bond motifs is 1. The lowest BCUT2D eigenvalue weighted by atomic mass is 10.0. The van der Waals surface area contributed by atoms with Gasteiger partial charge >= 0.3 is 0 Å². The molecule has 0 unspecified atom stereocenters. The Labute approximate surface area is 151 Å². The number of carbonyl (C=O) groups is 1. The Morgan fingerprint density at radius 3 is 2.60 bits per heavy atom. The monoisotopic (exact) mass is 356 g/mol. The first-order chi connectivity index (χ1) is 11.8. The quantitative estimate of drug-likeness (QED) is 0.685. The summed E-state index contributed by atoms with van der Waals surface area (Å²) in [6.45, 7) is 2.00. The van der Waals surface area contributed by atoms with Gasteiger partial charge in [-0.3, -0.25) is 4.79 Å². The van der Waals surface area contributed by atoms with E-state index in [0.29, 0.717) is 6.42 Å². The fraction of sp³-hybridized carbons (Fsp3) is 0.200. The molecule has 0 aliphatic heterocycles. The Morgan fingerprint density at radius 1 is 1.16 bits per heavy atom. The number of hydrogen-bond acceptors (Lipinski definition) is 2. The Kier molecular flexibility index (Phi) is 4.73. The van der Waals surface area contributed by atoms with Crippen LogP contribution >= 0.6 is 11.6 Å². The molecule has 0 N–H and O–H groups in total. The number of rotatable bonds is 3. The van der Waals surface area contributed by atoms with Crippen molar-refractivity contribution in [3.63, 3.8) is 0 Å². The molecule has 0 spiro atoms. The highest BCUT2D eigenvalue weighted by atomic mass is 35.5. The van der Waals surface area contributed by atoms with Gasteiger partial charge in [-0.2, -0.15) is 0 Å². The van der Waals surface area contributed by atoms with Gasteiger partial charge in [0.15, 0.2) is 0 Å². The van der Waals surface area contributed by atoms with Gasteiger partial charge in [0, 0.05) is 25.0 Å². The van der Waals surface area contributed by atoms with Gasteiger partial charge in [0.05, 0.1) is 22.7 Å². The average Bonchev–Trinajstić information content (AvgIpc) is 2.56. The van der Waals surface area contributed by atoms with E-state index in [1.165, 1.54) is 6.07 Å². The Hall–Kier alpha value is -2.46. The molecule has 0 atom stereocenters. The summed E-state index contributed by atoms with van der Waals surface area (Å²) in [7, 11) is 3.48. The van der Waals surface area contributed by atoms with Crippen LogP contribution in [0.15, 0.2) is 42.5 Å². The van der Waals surface area contributed by atoms with E-state index >= 15 is 0 Å². The third-order valence-corrected chi connectivity index (χ3v) is 4.44. The van der Waals surface area contributed by atoms with Gasteiger partial charge in [0.25, 0.3) is 0 Å². The molecule has 25 heavy (non-hydrogen) atoms. The summed E-state index contributed by atoms with van der Waals surface area (Å²) in [6, 6.07) is 12.4. The van der Waals surface area contributed by atoms with E-state index in [-0.39, 0.29) is 10.9 Å². The molecule has 1 amide bonds. The maximum absolute atomic E-state index is 13.4. The van der Waals surface area contributed by atoms with Crippen LogP contribution in [-0.2, 0) is 11.2 Å². The molecule has 1 heterocycles. The number of aryl methyl sites for hydroxylation is 1. The number of aromatic nitrogens is 1. The van der Waals surface area contributed by atoms with Crippen LogP contribution in [0.1, 0.15) is 11.1 Å². The van der Waals surface area contributed by atoms with E-state index in [9.17, 15) is 9.18 Å². The van der Waals surface area contributed by atoms with Crippen LogP contribution in [0.4, 0.5) is 4.39 Å². The molecular weight excluding hydrogens is 339 g/mol. The van der Waals surface area contributed by atoms with Gasteiger partial charge in [-0.25, -0.2) is 9.37 Å². The van der Waals surface area contributed by atoms with E-state index < -0.39 is 5.82 Å². The predicted molar refractivity (Wildman–Crippen MR) is 99.3 cm³/mol. The van der Waals surface area contributed by atoms with Crippen molar-refractivity contribution >= 4 is 28.4 Å². The van der Waals surface area contributed by atoms with Gasteiger partial charge in [-0.1, -0.05) is 23.7 Å². The van der Waals surface area contributed by atoms with Crippen LogP contribution in [0, 0.1) is 12.7 Å². The number of hydrogen-bond donors (Lipinski definition) is 0. The van der Waals surface area contributed by atoms with Gasteiger partial charge in [-0.15, -0.1) is 0 Å². The summed E-state index contributed by atoms with van der Waals surface area (Å²) in [5.41, 5.74) is 4.26. The van der Waals surface area contributed by atoms with E-state index in [0.717, 1.165) is 33.3 Å². The van der Waals surface area contributed by atoms with E-state index in [1.807, 2.05) is 31.2 Å². The van der Waals surface area contributed by atoms with Crippen LogP contribution in [0.3, 0.4) is 0 Å². The van der Waals surface area contributed by atoms with Crippen LogP contribution in [0.5, 0.6) is 0 Å². The molecule has 0 aliphatic carbocycles. The van der Waals surface area contributed by atoms with Crippen LogP contribution in [0.25, 0.3) is 22.2 Å². The first-order valence-electron chi connectivity index (χ1n) is 7.91. The minimum Gasteiger partial charge on any atom is -0.349 e. The molecule has 1 aromatic heterocycles. The van der Waals surface area contributed by atoms with Crippen molar-refractivity contribution in [3.8, 4) is 11.3 Å². The molecule has 0 fully saturated rings. The van der Waals surface area contributed by atoms with Gasteiger partial charge in [-0.05, 0) is 48.4 Å². The number of pyridine rings is 1. The second kappa shape index (κ2) is 6.81. The van der Waals surface area contributed by atoms with Crippen LogP contribution in [0.2, 0.25) is 5.02 Å². The van der Waals surface area contributed by atoms with Crippen molar-refractivity contribution in [3.05, 3.63) is 64.4 Å². The number of benzene rings is 2. The fourth-order valence-electron chi connectivity index (χ4n) is 2.69. The number of carbonyl (C=O) groups excluding carboxylic acids is 1. The summed E-state index contributed by atoms with van der Waals surface area (Å²) in [4.78, 5) is 18.2. The number of nitrogens with zero attached hydrogens (tertiary/aromatic N) is 2. The van der Waals surface area contributed by atoms with Crippen molar-refractivity contribution in [2.75, 3.05) is 14.1 Å². The third kappa shape index (κ3) is 3.64. The summed E-state index contributed by atoms with van der Waals surface area (Å²) < 4.78 is 13.4. The van der Waals surface area contributed by atoms with E-state index in [1.54, 1.807) is 31.1 Å². The SMILES string of the molecule is Cc1cc(-c2ccc(F)c(Cl)c2)nc2cc(CC(=O)N(C)C)ccc12. The first-order valence-corrected chi connectivity index (χ1v) is 8.29. The van der Waals surface area contributed by atoms with Crippen LogP contribution in [-0.4, -0.2) is 29.9 Å². The Balaban J connectivity index is 2.06. The lowest BCUT2D eigenvalue weighted by Gasteiger charge is -2.12. The molecule has 0 radical (unpaired) electrons. The number of likely N-dealkylation sites (N-methyl/N-ethyl adjacent to an activating group) is 1. The molecule has 3 nitrogen and oxygen atoms in total. The van der Waals surface area contributed by atoms with Crippen molar-refractivity contribution < 1.29 is 9.18 Å². The molecule has 3 aromatic rings. The fourth-order valence-corrected chi connectivity index (χ4v) is 2.87. The smallest absolute Gasteiger partial charge is 0.226 e. The van der Waals surface area contributed by atoms with Crippen molar-refractivity contribution in [1.29, 1.82) is 0 Å². The molecule has 0 saturated heterocycles. The molecule has 0 saturated carbocycles. The van der Waals surface area contributed by atoms with E-state index in [4.69, 9.17) is 11.6 Å². The normalized spacial score (nSPS) is 10.9. The Morgan fingerprint density at radius 2 is 1.92 bits per heavy atom. The lowest BCUT2D eigenvalue weighted by Crippen LogP contribution is -2.23. The standard InChI is InChI=1S/C20H18ClFN2O/c1-12-8-18(14-5-7-17(22)16(21)11-14)23-19-9-13(4-6-15(12)19)10-20(25)24(2)3/h4-9,11H,10H2,1-3H3. The zero-order valence-corrected chi connectivity index (χ0v) is 15.1.